The van der Waals surface area contributed by atoms with Crippen molar-refractivity contribution in [2.24, 2.45) is 0 Å². The highest BCUT2D eigenvalue weighted by Gasteiger charge is 2.36. The number of nitrogens with one attached hydrogen (secondary N) is 1. The third kappa shape index (κ3) is 3.58. The van der Waals surface area contributed by atoms with Crippen LogP contribution in [0.15, 0.2) is 16.8 Å². The molecule has 0 bridgehead atoms. The molecule has 1 aliphatic rings. The fourth-order valence-corrected chi connectivity index (χ4v) is 3.04. The van der Waals surface area contributed by atoms with Crippen LogP contribution in [0.1, 0.15) is 18.7 Å². The summed E-state index contributed by atoms with van der Waals surface area (Å²) < 4.78 is 5.07. The molecule has 1 aromatic heterocycles. The molecule has 1 N–H and O–H groups in total. The van der Waals surface area contributed by atoms with Crippen LogP contribution in [-0.2, 0) is 9.53 Å². The van der Waals surface area contributed by atoms with Crippen LogP contribution in [0.5, 0.6) is 0 Å². The molecule has 112 valence electrons. The van der Waals surface area contributed by atoms with Gasteiger partial charge in [0.15, 0.2) is 0 Å². The molecule has 5 nitrogen and oxygen atoms in total. The van der Waals surface area contributed by atoms with Gasteiger partial charge in [-0.15, -0.1) is 0 Å². The van der Waals surface area contributed by atoms with Crippen LogP contribution in [0, 0.1) is 0 Å². The molecule has 0 spiro atoms. The van der Waals surface area contributed by atoms with E-state index >= 15 is 0 Å². The zero-order valence-electron chi connectivity index (χ0n) is 12.3. The Morgan fingerprint density at radius 3 is 2.95 bits per heavy atom. The number of carbonyl (C=O) groups excluding carboxylic acids is 1. The second-order valence-electron chi connectivity index (χ2n) is 5.18. The van der Waals surface area contributed by atoms with Gasteiger partial charge in [-0.2, -0.15) is 11.3 Å². The molecule has 0 radical (unpaired) electrons. The Kier molecular flexibility index (Phi) is 5.54. The number of hydrogen-bond donors (Lipinski definition) is 1. The number of likely N-dealkylation sites (N-methyl/N-ethyl adjacent to an activating group) is 1. The number of methoxy groups -OCH3 is 1. The minimum Gasteiger partial charge on any atom is -0.383 e. The Labute approximate surface area is 124 Å². The van der Waals surface area contributed by atoms with Crippen molar-refractivity contribution in [2.75, 3.05) is 40.4 Å². The monoisotopic (exact) mass is 297 g/mol. The predicted molar refractivity (Wildman–Crippen MR) is 80.7 cm³/mol. The van der Waals surface area contributed by atoms with Crippen molar-refractivity contribution in [3.63, 3.8) is 0 Å². The summed E-state index contributed by atoms with van der Waals surface area (Å²) in [6.45, 7) is 5.11. The maximum atomic E-state index is 12.3. The average molecular weight is 297 g/mol. The van der Waals surface area contributed by atoms with Gasteiger partial charge in [0, 0.05) is 26.7 Å². The molecule has 2 atom stereocenters. The van der Waals surface area contributed by atoms with Gasteiger partial charge in [0.1, 0.15) is 6.17 Å². The van der Waals surface area contributed by atoms with Crippen LogP contribution < -0.4 is 5.32 Å². The van der Waals surface area contributed by atoms with Crippen molar-refractivity contribution in [3.05, 3.63) is 22.4 Å². The van der Waals surface area contributed by atoms with E-state index in [4.69, 9.17) is 4.74 Å². The first-order chi connectivity index (χ1) is 9.63. The molecule has 1 aliphatic heterocycles. The van der Waals surface area contributed by atoms with E-state index in [1.807, 2.05) is 17.2 Å². The summed E-state index contributed by atoms with van der Waals surface area (Å²) in [4.78, 5) is 16.4. The smallest absolute Gasteiger partial charge is 0.241 e. The molecule has 0 aliphatic carbocycles. The minimum absolute atomic E-state index is 0.0135. The number of carbonyl (C=O) groups is 1. The van der Waals surface area contributed by atoms with Crippen LogP contribution in [0.3, 0.4) is 0 Å². The third-order valence-electron chi connectivity index (χ3n) is 3.63. The number of amides is 1. The molecule has 2 rings (SSSR count). The summed E-state index contributed by atoms with van der Waals surface area (Å²) >= 11 is 1.66. The number of hydrogen-bond acceptors (Lipinski definition) is 5. The van der Waals surface area contributed by atoms with Crippen molar-refractivity contribution in [1.82, 2.24) is 15.1 Å². The zero-order chi connectivity index (χ0) is 14.5. The van der Waals surface area contributed by atoms with E-state index in [1.165, 1.54) is 5.56 Å². The predicted octanol–water partition coefficient (Wildman–Crippen LogP) is 1.15. The first-order valence-corrected chi connectivity index (χ1v) is 7.84. The summed E-state index contributed by atoms with van der Waals surface area (Å²) in [5.41, 5.74) is 1.17. The molecule has 0 saturated carbocycles. The lowest BCUT2D eigenvalue weighted by Gasteiger charge is -2.26. The molecule has 2 heterocycles. The Bertz CT molecular complexity index is 424. The Balaban J connectivity index is 1.94. The number of ether oxygens (including phenoxy) is 1. The van der Waals surface area contributed by atoms with Crippen LogP contribution in [0.4, 0.5) is 0 Å². The van der Waals surface area contributed by atoms with Crippen molar-refractivity contribution >= 4 is 17.2 Å². The van der Waals surface area contributed by atoms with Crippen molar-refractivity contribution in [1.29, 1.82) is 0 Å². The summed E-state index contributed by atoms with van der Waals surface area (Å²) in [5.74, 6) is 0.182. The van der Waals surface area contributed by atoms with Crippen LogP contribution in [-0.4, -0.2) is 62.1 Å². The molecule has 2 unspecified atom stereocenters. The maximum Gasteiger partial charge on any atom is 0.241 e. The van der Waals surface area contributed by atoms with E-state index in [-0.39, 0.29) is 18.1 Å². The SMILES string of the molecule is COCCN(C)CCN1C(=O)C(C)NC1c1ccsc1. The van der Waals surface area contributed by atoms with E-state index < -0.39 is 0 Å². The summed E-state index contributed by atoms with van der Waals surface area (Å²) in [7, 11) is 3.76. The average Bonchev–Trinajstić information content (AvgIpc) is 3.05. The summed E-state index contributed by atoms with van der Waals surface area (Å²) in [6.07, 6.45) is 0.0135. The quantitative estimate of drug-likeness (QED) is 0.820. The van der Waals surface area contributed by atoms with E-state index in [0.29, 0.717) is 6.61 Å². The first kappa shape index (κ1) is 15.4. The van der Waals surface area contributed by atoms with Gasteiger partial charge in [-0.05, 0) is 36.4 Å². The van der Waals surface area contributed by atoms with Crippen LogP contribution in [0.25, 0.3) is 0 Å². The van der Waals surface area contributed by atoms with Gasteiger partial charge in [0.25, 0.3) is 0 Å². The summed E-state index contributed by atoms with van der Waals surface area (Å²) in [6, 6.07) is 1.97. The number of thiophene rings is 1. The first-order valence-electron chi connectivity index (χ1n) is 6.89. The Hall–Kier alpha value is -0.950. The second kappa shape index (κ2) is 7.17. The van der Waals surface area contributed by atoms with Gasteiger partial charge in [-0.25, -0.2) is 0 Å². The fourth-order valence-electron chi connectivity index (χ4n) is 2.36. The Morgan fingerprint density at radius 1 is 1.50 bits per heavy atom. The number of rotatable bonds is 7. The van der Waals surface area contributed by atoms with E-state index in [9.17, 15) is 4.79 Å². The van der Waals surface area contributed by atoms with E-state index in [1.54, 1.807) is 18.4 Å². The molecule has 0 aromatic carbocycles. The fraction of sp³-hybridized carbons (Fsp3) is 0.643. The van der Waals surface area contributed by atoms with Crippen molar-refractivity contribution in [3.8, 4) is 0 Å². The maximum absolute atomic E-state index is 12.3. The lowest BCUT2D eigenvalue weighted by molar-refractivity contribution is -0.130. The minimum atomic E-state index is -0.107. The van der Waals surface area contributed by atoms with Gasteiger partial charge in [0.2, 0.25) is 5.91 Å². The molecule has 20 heavy (non-hydrogen) atoms. The van der Waals surface area contributed by atoms with E-state index in [0.717, 1.165) is 19.6 Å². The lowest BCUT2D eigenvalue weighted by atomic mass is 10.2. The molecule has 1 saturated heterocycles. The molecular weight excluding hydrogens is 274 g/mol. The highest BCUT2D eigenvalue weighted by Crippen LogP contribution is 2.26. The number of nitrogens with zero attached hydrogens (tertiary/aromatic N) is 2. The topological polar surface area (TPSA) is 44.8 Å². The molecule has 6 heteroatoms. The lowest BCUT2D eigenvalue weighted by Crippen LogP contribution is -2.38. The molecular formula is C14H23N3O2S. The van der Waals surface area contributed by atoms with Crippen molar-refractivity contribution in [2.45, 2.75) is 19.1 Å². The van der Waals surface area contributed by atoms with Crippen molar-refractivity contribution < 1.29 is 9.53 Å². The largest absolute Gasteiger partial charge is 0.383 e. The van der Waals surface area contributed by atoms with Gasteiger partial charge < -0.3 is 14.5 Å². The molecule has 1 aromatic rings. The highest BCUT2D eigenvalue weighted by molar-refractivity contribution is 7.07. The van der Waals surface area contributed by atoms with Gasteiger partial charge in [0.05, 0.1) is 12.6 Å². The van der Waals surface area contributed by atoms with Gasteiger partial charge >= 0.3 is 0 Å². The molecule has 1 amide bonds. The normalized spacial score (nSPS) is 23.0. The van der Waals surface area contributed by atoms with Crippen LogP contribution in [0.2, 0.25) is 0 Å². The van der Waals surface area contributed by atoms with Crippen LogP contribution >= 0.6 is 11.3 Å². The standard InChI is InChI=1S/C14H23N3O2S/c1-11-14(18)17(6-5-16(2)7-8-19-3)13(15-11)12-4-9-20-10-12/h4,9-11,13,15H,5-8H2,1-3H3. The molecule has 1 fully saturated rings. The highest BCUT2D eigenvalue weighted by atomic mass is 32.1. The van der Waals surface area contributed by atoms with Gasteiger partial charge in [-0.1, -0.05) is 0 Å². The third-order valence-corrected chi connectivity index (χ3v) is 4.33. The Morgan fingerprint density at radius 2 is 2.30 bits per heavy atom. The van der Waals surface area contributed by atoms with E-state index in [2.05, 4.69) is 28.7 Å². The zero-order valence-corrected chi connectivity index (χ0v) is 13.2. The summed E-state index contributed by atoms with van der Waals surface area (Å²) in [5, 5.41) is 7.51. The van der Waals surface area contributed by atoms with Gasteiger partial charge in [-0.3, -0.25) is 10.1 Å². The second-order valence-corrected chi connectivity index (χ2v) is 5.96.